The third-order valence-corrected chi connectivity index (χ3v) is 3.65. The number of hydroxylamine groups is 2. The van der Waals surface area contributed by atoms with Gasteiger partial charge < -0.3 is 14.9 Å². The van der Waals surface area contributed by atoms with Gasteiger partial charge in [-0.25, -0.2) is 9.59 Å². The van der Waals surface area contributed by atoms with Crippen molar-refractivity contribution < 1.29 is 28.8 Å². The summed E-state index contributed by atoms with van der Waals surface area (Å²) in [7, 11) is 0. The Morgan fingerprint density at radius 1 is 1.14 bits per heavy atom. The molecular weight excluding hydrogens is 364 g/mol. The molecule has 0 aromatic heterocycles. The molecular formula is C20H24N2O6. The normalized spacial score (nSPS) is 15.6. The summed E-state index contributed by atoms with van der Waals surface area (Å²) in [6.45, 7) is 5.24. The number of imide groups is 1. The summed E-state index contributed by atoms with van der Waals surface area (Å²) in [5, 5.41) is 3.16. The lowest BCUT2D eigenvalue weighted by Gasteiger charge is -2.22. The van der Waals surface area contributed by atoms with Crippen molar-refractivity contribution in [3.63, 3.8) is 0 Å². The van der Waals surface area contributed by atoms with Crippen LogP contribution >= 0.6 is 0 Å². The summed E-state index contributed by atoms with van der Waals surface area (Å²) in [5.74, 6) is -1.99. The molecule has 0 spiro atoms. The Labute approximate surface area is 163 Å². The molecule has 0 saturated carbocycles. The van der Waals surface area contributed by atoms with Gasteiger partial charge in [0.15, 0.2) is 0 Å². The summed E-state index contributed by atoms with van der Waals surface area (Å²) in [5.41, 5.74) is 0.270. The van der Waals surface area contributed by atoms with Gasteiger partial charge in [-0.1, -0.05) is 36.4 Å². The molecule has 1 unspecified atom stereocenters. The minimum Gasteiger partial charge on any atom is -0.444 e. The monoisotopic (exact) mass is 388 g/mol. The van der Waals surface area contributed by atoms with E-state index in [0.29, 0.717) is 11.5 Å². The molecule has 1 aromatic carbocycles. The summed E-state index contributed by atoms with van der Waals surface area (Å²) in [6.07, 6.45) is 2.33. The van der Waals surface area contributed by atoms with Crippen LogP contribution in [-0.2, 0) is 30.4 Å². The Bertz CT molecular complexity index is 751. The number of ether oxygens (including phenoxy) is 1. The lowest BCUT2D eigenvalue weighted by Crippen LogP contribution is -2.39. The number of hydrogen-bond donors (Lipinski definition) is 1. The van der Waals surface area contributed by atoms with Crippen LogP contribution in [0.1, 0.15) is 39.2 Å². The highest BCUT2D eigenvalue weighted by molar-refractivity contribution is 6.02. The zero-order valence-electron chi connectivity index (χ0n) is 16.1. The van der Waals surface area contributed by atoms with E-state index in [1.807, 2.05) is 30.3 Å². The van der Waals surface area contributed by atoms with Crippen molar-refractivity contribution in [1.29, 1.82) is 0 Å². The highest BCUT2D eigenvalue weighted by Crippen LogP contribution is 2.13. The predicted octanol–water partition coefficient (Wildman–Crippen LogP) is 2.29. The molecule has 1 fully saturated rings. The van der Waals surface area contributed by atoms with Crippen LogP contribution in [0.2, 0.25) is 0 Å². The predicted molar refractivity (Wildman–Crippen MR) is 99.6 cm³/mol. The van der Waals surface area contributed by atoms with Crippen molar-refractivity contribution in [2.24, 2.45) is 0 Å². The molecule has 0 bridgehead atoms. The number of carbonyl (C=O) groups is 4. The molecule has 1 aliphatic rings. The van der Waals surface area contributed by atoms with Gasteiger partial charge in [0, 0.05) is 18.9 Å². The van der Waals surface area contributed by atoms with Crippen LogP contribution in [0.15, 0.2) is 42.5 Å². The fraction of sp³-hybridized carbons (Fsp3) is 0.400. The second kappa shape index (κ2) is 9.16. The van der Waals surface area contributed by atoms with Crippen molar-refractivity contribution in [3.05, 3.63) is 48.0 Å². The van der Waals surface area contributed by atoms with Crippen LogP contribution < -0.4 is 5.32 Å². The molecule has 0 aliphatic carbocycles. The first-order valence-electron chi connectivity index (χ1n) is 8.93. The molecule has 1 N–H and O–H groups in total. The maximum absolute atomic E-state index is 12.1. The molecule has 28 heavy (non-hydrogen) atoms. The number of benzene rings is 1. The number of hydrogen-bond acceptors (Lipinski definition) is 6. The third-order valence-electron chi connectivity index (χ3n) is 3.65. The zero-order chi connectivity index (χ0) is 20.7. The molecule has 1 aliphatic heterocycles. The van der Waals surface area contributed by atoms with Gasteiger partial charge in [-0.2, -0.15) is 0 Å². The van der Waals surface area contributed by atoms with E-state index in [-0.39, 0.29) is 12.8 Å². The standard InChI is InChI=1S/C20H24N2O6/c1-20(2,3)27-19(26)21-15(13-14-7-5-4-6-8-14)9-12-18(25)28-22-16(23)10-11-17(22)24/h4-9,12,15H,10-11,13H2,1-3H3,(H,21,26)/b12-9+. The summed E-state index contributed by atoms with van der Waals surface area (Å²) < 4.78 is 5.25. The quantitative estimate of drug-likeness (QED) is 0.593. The van der Waals surface area contributed by atoms with E-state index in [2.05, 4.69) is 5.32 Å². The largest absolute Gasteiger partial charge is 0.444 e. The Hall–Kier alpha value is -3.16. The Kier molecular flexibility index (Phi) is 6.92. The first-order valence-corrected chi connectivity index (χ1v) is 8.93. The van der Waals surface area contributed by atoms with Gasteiger partial charge >= 0.3 is 12.1 Å². The van der Waals surface area contributed by atoms with Gasteiger partial charge in [0.2, 0.25) is 0 Å². The van der Waals surface area contributed by atoms with Gasteiger partial charge in [0.1, 0.15) is 5.60 Å². The Morgan fingerprint density at radius 2 is 1.75 bits per heavy atom. The number of nitrogens with one attached hydrogen (secondary N) is 1. The molecule has 1 heterocycles. The van der Waals surface area contributed by atoms with Crippen LogP contribution in [0.5, 0.6) is 0 Å². The topological polar surface area (TPSA) is 102 Å². The number of carbonyl (C=O) groups excluding carboxylic acids is 4. The van der Waals surface area contributed by atoms with Gasteiger partial charge in [0.25, 0.3) is 11.8 Å². The Balaban J connectivity index is 2.03. The van der Waals surface area contributed by atoms with E-state index >= 15 is 0 Å². The first-order chi connectivity index (χ1) is 13.1. The summed E-state index contributed by atoms with van der Waals surface area (Å²) in [6, 6.07) is 8.81. The van der Waals surface area contributed by atoms with E-state index in [1.54, 1.807) is 20.8 Å². The molecule has 1 saturated heterocycles. The second-order valence-electron chi connectivity index (χ2n) is 7.29. The van der Waals surface area contributed by atoms with Crippen LogP contribution in [-0.4, -0.2) is 40.6 Å². The van der Waals surface area contributed by atoms with Gasteiger partial charge in [-0.05, 0) is 32.8 Å². The number of nitrogens with zero attached hydrogens (tertiary/aromatic N) is 1. The molecule has 2 rings (SSSR count). The van der Waals surface area contributed by atoms with Crippen LogP contribution in [0.3, 0.4) is 0 Å². The third kappa shape index (κ3) is 6.86. The average Bonchev–Trinajstić information content (AvgIpc) is 2.91. The molecule has 1 aromatic rings. The average molecular weight is 388 g/mol. The molecule has 8 nitrogen and oxygen atoms in total. The van der Waals surface area contributed by atoms with Crippen LogP contribution in [0, 0.1) is 0 Å². The van der Waals surface area contributed by atoms with Gasteiger partial charge in [0.05, 0.1) is 6.04 Å². The smallest absolute Gasteiger partial charge is 0.408 e. The maximum Gasteiger partial charge on any atom is 0.408 e. The lowest BCUT2D eigenvalue weighted by atomic mass is 10.1. The highest BCUT2D eigenvalue weighted by Gasteiger charge is 2.32. The molecule has 8 heteroatoms. The van der Waals surface area contributed by atoms with Crippen LogP contribution in [0.4, 0.5) is 4.79 Å². The minimum absolute atomic E-state index is 0.0205. The Morgan fingerprint density at radius 3 is 2.32 bits per heavy atom. The molecule has 3 amide bonds. The second-order valence-corrected chi connectivity index (χ2v) is 7.29. The van der Waals surface area contributed by atoms with Crippen molar-refractivity contribution >= 4 is 23.9 Å². The van der Waals surface area contributed by atoms with E-state index < -0.39 is 35.5 Å². The lowest BCUT2D eigenvalue weighted by molar-refractivity contribution is -0.193. The van der Waals surface area contributed by atoms with E-state index in [0.717, 1.165) is 11.6 Å². The van der Waals surface area contributed by atoms with Crippen molar-refractivity contribution in [2.75, 3.05) is 0 Å². The summed E-state index contributed by atoms with van der Waals surface area (Å²) in [4.78, 5) is 51.9. The van der Waals surface area contributed by atoms with E-state index in [9.17, 15) is 19.2 Å². The number of rotatable bonds is 6. The van der Waals surface area contributed by atoms with E-state index in [1.165, 1.54) is 6.08 Å². The summed E-state index contributed by atoms with van der Waals surface area (Å²) >= 11 is 0. The maximum atomic E-state index is 12.1. The highest BCUT2D eigenvalue weighted by atomic mass is 16.7. The molecule has 1 atom stereocenters. The number of amides is 3. The first kappa shape index (κ1) is 21.1. The fourth-order valence-corrected chi connectivity index (χ4v) is 2.47. The SMILES string of the molecule is CC(C)(C)OC(=O)NC(/C=C/C(=O)ON1C(=O)CCC1=O)Cc1ccccc1. The van der Waals surface area contributed by atoms with Gasteiger partial charge in [-0.3, -0.25) is 9.59 Å². The van der Waals surface area contributed by atoms with Crippen molar-refractivity contribution in [1.82, 2.24) is 10.4 Å². The fourth-order valence-electron chi connectivity index (χ4n) is 2.47. The van der Waals surface area contributed by atoms with Crippen molar-refractivity contribution in [2.45, 2.75) is 51.7 Å². The van der Waals surface area contributed by atoms with Gasteiger partial charge in [-0.15, -0.1) is 5.06 Å². The minimum atomic E-state index is -0.882. The van der Waals surface area contributed by atoms with Crippen molar-refractivity contribution in [3.8, 4) is 0 Å². The molecule has 0 radical (unpaired) electrons. The van der Waals surface area contributed by atoms with E-state index in [4.69, 9.17) is 9.57 Å². The zero-order valence-corrected chi connectivity index (χ0v) is 16.1. The number of alkyl carbamates (subject to hydrolysis) is 1. The van der Waals surface area contributed by atoms with Crippen LogP contribution in [0.25, 0.3) is 0 Å². The molecule has 150 valence electrons.